The summed E-state index contributed by atoms with van der Waals surface area (Å²) < 4.78 is 5.88. The Bertz CT molecular complexity index is 403. The molecule has 1 aliphatic heterocycles. The van der Waals surface area contributed by atoms with Crippen molar-refractivity contribution in [2.75, 3.05) is 13.1 Å². The van der Waals surface area contributed by atoms with Crippen molar-refractivity contribution in [1.29, 1.82) is 0 Å². The molecule has 0 unspecified atom stereocenters. The third kappa shape index (κ3) is 3.67. The van der Waals surface area contributed by atoms with E-state index in [2.05, 4.69) is 48.5 Å². The predicted octanol–water partition coefficient (Wildman–Crippen LogP) is 2.62. The minimum Gasteiger partial charge on any atom is -0.369 e. The zero-order chi connectivity index (χ0) is 13.2. The summed E-state index contributed by atoms with van der Waals surface area (Å²) >= 11 is 7.21. The number of nitrogens with one attached hydrogen (secondary N) is 1. The molecule has 100 valence electrons. The van der Waals surface area contributed by atoms with Gasteiger partial charge in [-0.3, -0.25) is 0 Å². The van der Waals surface area contributed by atoms with E-state index in [4.69, 9.17) is 17.0 Å². The van der Waals surface area contributed by atoms with Crippen LogP contribution in [0, 0.1) is 0 Å². The van der Waals surface area contributed by atoms with E-state index in [1.54, 1.807) is 11.3 Å². The van der Waals surface area contributed by atoms with Crippen molar-refractivity contribution in [1.82, 2.24) is 10.2 Å². The Hall–Kier alpha value is -0.650. The van der Waals surface area contributed by atoms with Crippen LogP contribution in [0.5, 0.6) is 0 Å². The number of hydrogen-bond donors (Lipinski definition) is 1. The molecule has 1 atom stereocenters. The summed E-state index contributed by atoms with van der Waals surface area (Å²) in [6.45, 7) is 8.82. The van der Waals surface area contributed by atoms with Gasteiger partial charge < -0.3 is 15.0 Å². The van der Waals surface area contributed by atoms with Gasteiger partial charge in [0.15, 0.2) is 5.11 Å². The van der Waals surface area contributed by atoms with Crippen LogP contribution < -0.4 is 5.32 Å². The van der Waals surface area contributed by atoms with Crippen molar-refractivity contribution in [3.05, 3.63) is 22.4 Å². The summed E-state index contributed by atoms with van der Waals surface area (Å²) in [5.74, 6) is 0. The van der Waals surface area contributed by atoms with E-state index in [-0.39, 0.29) is 11.7 Å². The summed E-state index contributed by atoms with van der Waals surface area (Å²) in [5, 5.41) is 6.23. The van der Waals surface area contributed by atoms with Crippen LogP contribution in [0.15, 0.2) is 17.5 Å². The average Bonchev–Trinajstić information content (AvgIpc) is 2.75. The first-order valence-electron chi connectivity index (χ1n) is 6.19. The zero-order valence-electron chi connectivity index (χ0n) is 11.1. The van der Waals surface area contributed by atoms with Crippen LogP contribution in [-0.2, 0) is 11.3 Å². The van der Waals surface area contributed by atoms with E-state index in [1.165, 1.54) is 4.88 Å². The topological polar surface area (TPSA) is 24.5 Å². The molecule has 1 fully saturated rings. The van der Waals surface area contributed by atoms with E-state index in [0.29, 0.717) is 0 Å². The van der Waals surface area contributed by atoms with Gasteiger partial charge >= 0.3 is 0 Å². The molecule has 0 aliphatic carbocycles. The summed E-state index contributed by atoms with van der Waals surface area (Å²) in [4.78, 5) is 3.51. The molecule has 1 aliphatic rings. The number of rotatable bonds is 2. The van der Waals surface area contributed by atoms with Crippen LogP contribution >= 0.6 is 23.6 Å². The third-order valence-corrected chi connectivity index (χ3v) is 4.13. The molecule has 1 aromatic rings. The van der Waals surface area contributed by atoms with E-state index in [1.807, 2.05) is 0 Å². The number of thiophene rings is 1. The molecule has 3 nitrogen and oxygen atoms in total. The van der Waals surface area contributed by atoms with Crippen molar-refractivity contribution in [2.45, 2.75) is 39.0 Å². The highest BCUT2D eigenvalue weighted by Gasteiger charge is 2.32. The first-order valence-corrected chi connectivity index (χ1v) is 7.48. The lowest BCUT2D eigenvalue weighted by Crippen LogP contribution is -2.55. The van der Waals surface area contributed by atoms with Crippen LogP contribution in [0.2, 0.25) is 0 Å². The van der Waals surface area contributed by atoms with Crippen LogP contribution in [0.1, 0.15) is 25.6 Å². The SMILES string of the molecule is C[C@@H]1CN(C(=S)NCc2cccs2)CC(C)(C)O1. The largest absolute Gasteiger partial charge is 0.369 e. The molecular weight excluding hydrogens is 264 g/mol. The van der Waals surface area contributed by atoms with Crippen LogP contribution in [0.3, 0.4) is 0 Å². The highest BCUT2D eigenvalue weighted by Crippen LogP contribution is 2.20. The number of nitrogens with zero attached hydrogens (tertiary/aromatic N) is 1. The molecule has 0 amide bonds. The smallest absolute Gasteiger partial charge is 0.169 e. The van der Waals surface area contributed by atoms with Crippen molar-refractivity contribution in [3.8, 4) is 0 Å². The molecule has 2 heterocycles. The fourth-order valence-electron chi connectivity index (χ4n) is 2.30. The number of ether oxygens (including phenoxy) is 1. The highest BCUT2D eigenvalue weighted by molar-refractivity contribution is 7.80. The van der Waals surface area contributed by atoms with Gasteiger partial charge in [-0.15, -0.1) is 11.3 Å². The van der Waals surface area contributed by atoms with Gasteiger partial charge in [0.25, 0.3) is 0 Å². The van der Waals surface area contributed by atoms with Crippen LogP contribution in [0.4, 0.5) is 0 Å². The predicted molar refractivity (Wildman–Crippen MR) is 80.0 cm³/mol. The summed E-state index contributed by atoms with van der Waals surface area (Å²) in [6, 6.07) is 4.18. The standard InChI is InChI=1S/C13H20N2OS2/c1-10-8-15(9-13(2,3)16-10)12(17)14-7-11-5-4-6-18-11/h4-6,10H,7-9H2,1-3H3,(H,14,17)/t10-/m1/s1. The molecule has 2 rings (SSSR count). The molecule has 0 saturated carbocycles. The monoisotopic (exact) mass is 284 g/mol. The lowest BCUT2D eigenvalue weighted by atomic mass is 10.1. The quantitative estimate of drug-likeness (QED) is 0.844. The van der Waals surface area contributed by atoms with E-state index >= 15 is 0 Å². The Kier molecular flexibility index (Phi) is 4.25. The maximum Gasteiger partial charge on any atom is 0.169 e. The van der Waals surface area contributed by atoms with Gasteiger partial charge in [-0.1, -0.05) is 6.07 Å². The maximum atomic E-state index is 5.88. The Morgan fingerprint density at radius 2 is 2.44 bits per heavy atom. The van der Waals surface area contributed by atoms with Crippen molar-refractivity contribution in [3.63, 3.8) is 0 Å². The fourth-order valence-corrected chi connectivity index (χ4v) is 3.15. The van der Waals surface area contributed by atoms with Crippen molar-refractivity contribution < 1.29 is 4.74 Å². The second-order valence-corrected chi connectivity index (χ2v) is 6.73. The zero-order valence-corrected chi connectivity index (χ0v) is 12.7. The molecular formula is C13H20N2OS2. The third-order valence-electron chi connectivity index (χ3n) is 2.85. The minimum atomic E-state index is -0.133. The normalized spacial score (nSPS) is 22.8. The van der Waals surface area contributed by atoms with Gasteiger partial charge in [0, 0.05) is 18.0 Å². The maximum absolute atomic E-state index is 5.88. The molecule has 1 saturated heterocycles. The van der Waals surface area contributed by atoms with Gasteiger partial charge in [-0.05, 0) is 44.4 Å². The molecule has 0 radical (unpaired) electrons. The second-order valence-electron chi connectivity index (χ2n) is 5.31. The second kappa shape index (κ2) is 5.55. The lowest BCUT2D eigenvalue weighted by Gasteiger charge is -2.42. The number of morpholine rings is 1. The van der Waals surface area contributed by atoms with Crippen molar-refractivity contribution in [2.24, 2.45) is 0 Å². The summed E-state index contributed by atoms with van der Waals surface area (Å²) in [7, 11) is 0. The fraction of sp³-hybridized carbons (Fsp3) is 0.615. The number of hydrogen-bond acceptors (Lipinski definition) is 3. The first-order chi connectivity index (χ1) is 8.46. The van der Waals surface area contributed by atoms with Gasteiger partial charge in [0.05, 0.1) is 18.2 Å². The Labute approximate surface area is 118 Å². The molecule has 1 aromatic heterocycles. The first kappa shape index (κ1) is 13.8. The molecule has 0 aromatic carbocycles. The van der Waals surface area contributed by atoms with Crippen molar-refractivity contribution >= 4 is 28.7 Å². The summed E-state index contributed by atoms with van der Waals surface area (Å²) in [5.41, 5.74) is -0.133. The van der Waals surface area contributed by atoms with Crippen LogP contribution in [-0.4, -0.2) is 34.8 Å². The van der Waals surface area contributed by atoms with E-state index in [9.17, 15) is 0 Å². The van der Waals surface area contributed by atoms with Gasteiger partial charge in [-0.25, -0.2) is 0 Å². The average molecular weight is 284 g/mol. The molecule has 0 spiro atoms. The highest BCUT2D eigenvalue weighted by atomic mass is 32.1. The van der Waals surface area contributed by atoms with E-state index in [0.717, 1.165) is 24.7 Å². The van der Waals surface area contributed by atoms with Crippen LogP contribution in [0.25, 0.3) is 0 Å². The van der Waals surface area contributed by atoms with E-state index < -0.39 is 0 Å². The lowest BCUT2D eigenvalue weighted by molar-refractivity contribution is -0.112. The molecule has 5 heteroatoms. The Balaban J connectivity index is 1.88. The molecule has 18 heavy (non-hydrogen) atoms. The molecule has 0 bridgehead atoms. The number of thiocarbonyl (C=S) groups is 1. The summed E-state index contributed by atoms with van der Waals surface area (Å²) in [6.07, 6.45) is 0.218. The molecule has 1 N–H and O–H groups in total. The Morgan fingerprint density at radius 3 is 3.06 bits per heavy atom. The minimum absolute atomic E-state index is 0.133. The van der Waals surface area contributed by atoms with Gasteiger partial charge in [-0.2, -0.15) is 0 Å². The Morgan fingerprint density at radius 1 is 1.67 bits per heavy atom. The van der Waals surface area contributed by atoms with Gasteiger partial charge in [0.1, 0.15) is 0 Å². The van der Waals surface area contributed by atoms with Gasteiger partial charge in [0.2, 0.25) is 0 Å².